The van der Waals surface area contributed by atoms with Crippen LogP contribution >= 0.6 is 0 Å². The van der Waals surface area contributed by atoms with Gasteiger partial charge in [0.2, 0.25) is 5.91 Å². The molecule has 0 N–H and O–H groups in total. The van der Waals surface area contributed by atoms with Gasteiger partial charge in [0, 0.05) is 49.3 Å². The third-order valence-corrected chi connectivity index (χ3v) is 6.65. The lowest BCUT2D eigenvalue weighted by molar-refractivity contribution is -0.129. The molecule has 1 aromatic heterocycles. The molecule has 1 aromatic carbocycles. The van der Waals surface area contributed by atoms with Gasteiger partial charge in [-0.3, -0.25) is 4.79 Å². The van der Waals surface area contributed by atoms with Crippen LogP contribution in [0.3, 0.4) is 0 Å². The Balaban J connectivity index is 1.24. The van der Waals surface area contributed by atoms with E-state index in [1.807, 2.05) is 31.2 Å². The number of fused-ring (bicyclic) bond motifs is 2. The lowest BCUT2D eigenvalue weighted by Gasteiger charge is -2.24. The molecule has 6 nitrogen and oxygen atoms in total. The van der Waals surface area contributed by atoms with E-state index in [0.717, 1.165) is 62.0 Å². The predicted octanol–water partition coefficient (Wildman–Crippen LogP) is 2.42. The van der Waals surface area contributed by atoms with Crippen LogP contribution in [0, 0.1) is 18.8 Å². The third kappa shape index (κ3) is 3.45. The minimum Gasteiger partial charge on any atom is -0.497 e. The van der Waals surface area contributed by atoms with Gasteiger partial charge in [-0.15, -0.1) is 0 Å². The van der Waals surface area contributed by atoms with Crippen molar-refractivity contribution in [1.29, 1.82) is 0 Å². The van der Waals surface area contributed by atoms with Gasteiger partial charge in [0.15, 0.2) is 0 Å². The lowest BCUT2D eigenvalue weighted by Crippen LogP contribution is -2.34. The zero-order valence-corrected chi connectivity index (χ0v) is 17.2. The maximum Gasteiger partial charge on any atom is 0.227 e. The van der Waals surface area contributed by atoms with Crippen LogP contribution in [0.15, 0.2) is 24.3 Å². The molecule has 2 atom stereocenters. The highest BCUT2D eigenvalue weighted by Gasteiger charge is 2.42. The highest BCUT2D eigenvalue weighted by atomic mass is 16.5. The number of benzene rings is 1. The second-order valence-corrected chi connectivity index (χ2v) is 8.63. The molecule has 2 fully saturated rings. The molecule has 5 rings (SSSR count). The van der Waals surface area contributed by atoms with E-state index in [1.165, 1.54) is 17.7 Å². The lowest BCUT2D eigenvalue weighted by atomic mass is 10.0. The van der Waals surface area contributed by atoms with E-state index in [9.17, 15) is 4.79 Å². The Bertz CT molecular complexity index is 930. The normalized spacial score (nSPS) is 22.7. The number of carbonyl (C=O) groups excluding carboxylic acids is 1. The number of aromatic nitrogens is 2. The summed E-state index contributed by atoms with van der Waals surface area (Å²) >= 11 is 0. The first-order valence-electron chi connectivity index (χ1n) is 10.6. The van der Waals surface area contributed by atoms with Crippen LogP contribution in [-0.2, 0) is 24.1 Å². The molecule has 2 saturated heterocycles. The molecule has 2 aromatic rings. The van der Waals surface area contributed by atoms with E-state index in [0.29, 0.717) is 18.3 Å². The number of likely N-dealkylation sites (tertiary alicyclic amines) is 1. The summed E-state index contributed by atoms with van der Waals surface area (Å²) in [5, 5.41) is 0. The van der Waals surface area contributed by atoms with Gasteiger partial charge in [0.05, 0.1) is 13.5 Å². The van der Waals surface area contributed by atoms with Gasteiger partial charge in [-0.2, -0.15) is 0 Å². The molecule has 0 radical (unpaired) electrons. The number of aryl methyl sites for hydroxylation is 2. The van der Waals surface area contributed by atoms with Gasteiger partial charge in [-0.1, -0.05) is 12.1 Å². The van der Waals surface area contributed by atoms with Crippen molar-refractivity contribution in [2.45, 2.75) is 32.6 Å². The van der Waals surface area contributed by atoms with Gasteiger partial charge in [-0.25, -0.2) is 9.97 Å². The summed E-state index contributed by atoms with van der Waals surface area (Å²) in [6, 6.07) is 7.81. The third-order valence-electron chi connectivity index (χ3n) is 6.65. The summed E-state index contributed by atoms with van der Waals surface area (Å²) in [4.78, 5) is 26.8. The zero-order chi connectivity index (χ0) is 20.0. The Hall–Kier alpha value is -2.63. The fourth-order valence-electron chi connectivity index (χ4n) is 5.23. The van der Waals surface area contributed by atoms with Crippen LogP contribution in [0.25, 0.3) is 0 Å². The molecular weight excluding hydrogens is 364 g/mol. The van der Waals surface area contributed by atoms with Crippen molar-refractivity contribution in [3.63, 3.8) is 0 Å². The first kappa shape index (κ1) is 18.4. The van der Waals surface area contributed by atoms with E-state index in [2.05, 4.69) is 14.8 Å². The van der Waals surface area contributed by atoms with Crippen molar-refractivity contribution in [2.24, 2.45) is 11.8 Å². The van der Waals surface area contributed by atoms with Crippen LogP contribution in [0.2, 0.25) is 0 Å². The fourth-order valence-corrected chi connectivity index (χ4v) is 5.23. The van der Waals surface area contributed by atoms with Crippen LogP contribution in [-0.4, -0.2) is 54.1 Å². The summed E-state index contributed by atoms with van der Waals surface area (Å²) in [5.74, 6) is 4.14. The van der Waals surface area contributed by atoms with Crippen LogP contribution in [0.4, 0.5) is 5.82 Å². The van der Waals surface area contributed by atoms with Crippen molar-refractivity contribution in [3.8, 4) is 5.75 Å². The number of anilines is 1. The highest BCUT2D eigenvalue weighted by Crippen LogP contribution is 2.37. The average molecular weight is 393 g/mol. The van der Waals surface area contributed by atoms with E-state index in [4.69, 9.17) is 9.72 Å². The molecule has 2 unspecified atom stereocenters. The van der Waals surface area contributed by atoms with Crippen LogP contribution in [0.1, 0.15) is 29.1 Å². The Morgan fingerprint density at radius 1 is 1.14 bits per heavy atom. The number of amides is 1. The second-order valence-electron chi connectivity index (χ2n) is 8.63. The Kier molecular flexibility index (Phi) is 4.64. The molecule has 3 aliphatic rings. The topological polar surface area (TPSA) is 58.6 Å². The van der Waals surface area contributed by atoms with Gasteiger partial charge in [0.1, 0.15) is 17.4 Å². The molecule has 0 bridgehead atoms. The van der Waals surface area contributed by atoms with Gasteiger partial charge >= 0.3 is 0 Å². The van der Waals surface area contributed by atoms with Crippen molar-refractivity contribution in [1.82, 2.24) is 14.9 Å². The SMILES string of the molecule is COc1cccc(CC(=O)N2CC3CN(c4nc(C)nc5c4CCC5)CC3C2)c1. The quantitative estimate of drug-likeness (QED) is 0.800. The number of hydrogen-bond donors (Lipinski definition) is 0. The number of nitrogens with zero attached hydrogens (tertiary/aromatic N) is 4. The number of hydrogen-bond acceptors (Lipinski definition) is 5. The molecule has 6 heteroatoms. The minimum atomic E-state index is 0.220. The van der Waals surface area contributed by atoms with E-state index < -0.39 is 0 Å². The number of rotatable bonds is 4. The van der Waals surface area contributed by atoms with Crippen molar-refractivity contribution in [2.75, 3.05) is 38.2 Å². The zero-order valence-electron chi connectivity index (χ0n) is 17.2. The number of carbonyl (C=O) groups is 1. The minimum absolute atomic E-state index is 0.220. The summed E-state index contributed by atoms with van der Waals surface area (Å²) in [5.41, 5.74) is 3.63. The smallest absolute Gasteiger partial charge is 0.227 e. The predicted molar refractivity (Wildman–Crippen MR) is 111 cm³/mol. The van der Waals surface area contributed by atoms with Crippen molar-refractivity contribution < 1.29 is 9.53 Å². The Morgan fingerprint density at radius 2 is 1.93 bits per heavy atom. The summed E-state index contributed by atoms with van der Waals surface area (Å²) in [6.07, 6.45) is 3.81. The fraction of sp³-hybridized carbons (Fsp3) is 0.522. The maximum absolute atomic E-state index is 12.8. The molecule has 1 amide bonds. The van der Waals surface area contributed by atoms with Crippen LogP contribution in [0.5, 0.6) is 5.75 Å². The van der Waals surface area contributed by atoms with Crippen LogP contribution < -0.4 is 9.64 Å². The van der Waals surface area contributed by atoms with Gasteiger partial charge in [0.25, 0.3) is 0 Å². The van der Waals surface area contributed by atoms with Crippen molar-refractivity contribution >= 4 is 11.7 Å². The monoisotopic (exact) mass is 392 g/mol. The molecule has 0 spiro atoms. The van der Waals surface area contributed by atoms with Gasteiger partial charge in [-0.05, 0) is 43.9 Å². The summed E-state index contributed by atoms with van der Waals surface area (Å²) in [7, 11) is 1.66. The number of ether oxygens (including phenoxy) is 1. The highest BCUT2D eigenvalue weighted by molar-refractivity contribution is 5.79. The Morgan fingerprint density at radius 3 is 2.69 bits per heavy atom. The molecule has 3 heterocycles. The first-order chi connectivity index (χ1) is 14.1. The van der Waals surface area contributed by atoms with E-state index in [-0.39, 0.29) is 5.91 Å². The number of methoxy groups -OCH3 is 1. The molecule has 1 aliphatic carbocycles. The summed E-state index contributed by atoms with van der Waals surface area (Å²) < 4.78 is 5.28. The molecule has 0 saturated carbocycles. The first-order valence-corrected chi connectivity index (χ1v) is 10.6. The van der Waals surface area contributed by atoms with Crippen molar-refractivity contribution in [3.05, 3.63) is 46.9 Å². The van der Waals surface area contributed by atoms with Gasteiger partial charge < -0.3 is 14.5 Å². The standard InChI is InChI=1S/C23H28N4O2/c1-15-24-21-8-4-7-20(21)23(25-15)27-13-17-11-26(12-18(17)14-27)22(28)10-16-5-3-6-19(9-16)29-2/h3,5-6,9,17-18H,4,7-8,10-14H2,1-2H3. The second kappa shape index (κ2) is 7.32. The molecule has 152 valence electrons. The van der Waals surface area contributed by atoms with E-state index in [1.54, 1.807) is 7.11 Å². The summed E-state index contributed by atoms with van der Waals surface area (Å²) in [6.45, 7) is 5.71. The molecular formula is C23H28N4O2. The maximum atomic E-state index is 12.8. The largest absolute Gasteiger partial charge is 0.497 e. The van der Waals surface area contributed by atoms with E-state index >= 15 is 0 Å². The average Bonchev–Trinajstić information content (AvgIpc) is 3.41. The molecule has 29 heavy (non-hydrogen) atoms. The molecule has 2 aliphatic heterocycles. The Labute approximate surface area is 171 Å².